The highest BCUT2D eigenvalue weighted by atomic mass is 15.2. The number of anilines is 2. The van der Waals surface area contributed by atoms with Gasteiger partial charge in [-0.05, 0) is 50.4 Å². The number of aryl methyl sites for hydroxylation is 1. The molecular formula is C14H21N3. The zero-order valence-electron chi connectivity index (χ0n) is 10.4. The topological polar surface area (TPSA) is 41.3 Å². The molecule has 2 unspecified atom stereocenters. The zero-order chi connectivity index (χ0) is 11.8. The Labute approximate surface area is 103 Å². The Hall–Kier alpha value is -1.22. The van der Waals surface area contributed by atoms with Crippen LogP contribution in [-0.2, 0) is 0 Å². The maximum Gasteiger partial charge on any atom is 0.0429 e. The van der Waals surface area contributed by atoms with E-state index in [1.807, 2.05) is 6.07 Å². The summed E-state index contributed by atoms with van der Waals surface area (Å²) < 4.78 is 0. The van der Waals surface area contributed by atoms with Gasteiger partial charge in [-0.3, -0.25) is 4.90 Å². The number of nitrogen functional groups attached to an aromatic ring is 1. The molecule has 17 heavy (non-hydrogen) atoms. The van der Waals surface area contributed by atoms with E-state index in [1.54, 1.807) is 0 Å². The average molecular weight is 231 g/mol. The van der Waals surface area contributed by atoms with Gasteiger partial charge in [0.25, 0.3) is 0 Å². The first-order valence-electron chi connectivity index (χ1n) is 6.61. The van der Waals surface area contributed by atoms with Gasteiger partial charge in [0.15, 0.2) is 0 Å². The largest absolute Gasteiger partial charge is 0.399 e. The van der Waals surface area contributed by atoms with Crippen molar-refractivity contribution in [2.45, 2.75) is 38.3 Å². The minimum absolute atomic E-state index is 0.609. The van der Waals surface area contributed by atoms with E-state index in [-0.39, 0.29) is 0 Å². The van der Waals surface area contributed by atoms with E-state index < -0.39 is 0 Å². The summed E-state index contributed by atoms with van der Waals surface area (Å²) in [6.07, 6.45) is 3.97. The highest BCUT2D eigenvalue weighted by molar-refractivity contribution is 5.59. The van der Waals surface area contributed by atoms with Gasteiger partial charge in [-0.1, -0.05) is 6.07 Å². The van der Waals surface area contributed by atoms with Gasteiger partial charge in [-0.25, -0.2) is 0 Å². The molecule has 92 valence electrons. The third-order valence-electron chi connectivity index (χ3n) is 4.21. The fourth-order valence-electron chi connectivity index (χ4n) is 3.25. The maximum absolute atomic E-state index is 5.86. The standard InChI is InChI=1S/C14H21N3/c1-10-4-5-11(15)9-13(10)16-12-6-8-17-7-2-3-14(12)17/h4-5,9,12,14,16H,2-3,6-8,15H2,1H3. The van der Waals surface area contributed by atoms with Crippen molar-refractivity contribution >= 4 is 11.4 Å². The number of nitrogens with zero attached hydrogens (tertiary/aromatic N) is 1. The molecule has 2 aliphatic heterocycles. The highest BCUT2D eigenvalue weighted by Crippen LogP contribution is 2.31. The fourth-order valence-corrected chi connectivity index (χ4v) is 3.25. The summed E-state index contributed by atoms with van der Waals surface area (Å²) in [4.78, 5) is 2.62. The molecule has 1 aromatic rings. The van der Waals surface area contributed by atoms with E-state index >= 15 is 0 Å². The number of benzene rings is 1. The summed E-state index contributed by atoms with van der Waals surface area (Å²) in [5, 5.41) is 3.70. The van der Waals surface area contributed by atoms with Crippen LogP contribution in [0.4, 0.5) is 11.4 Å². The number of hydrogen-bond acceptors (Lipinski definition) is 3. The Morgan fingerprint density at radius 1 is 1.29 bits per heavy atom. The van der Waals surface area contributed by atoms with Crippen molar-refractivity contribution in [3.05, 3.63) is 23.8 Å². The van der Waals surface area contributed by atoms with Gasteiger partial charge in [0.05, 0.1) is 0 Å². The normalized spacial score (nSPS) is 28.3. The molecule has 2 atom stereocenters. The van der Waals surface area contributed by atoms with E-state index in [2.05, 4.69) is 29.3 Å². The maximum atomic E-state index is 5.86. The Kier molecular flexibility index (Phi) is 2.71. The lowest BCUT2D eigenvalue weighted by atomic mass is 10.1. The molecular weight excluding hydrogens is 210 g/mol. The molecule has 0 saturated carbocycles. The van der Waals surface area contributed by atoms with Gasteiger partial charge in [-0.15, -0.1) is 0 Å². The molecule has 0 aromatic heterocycles. The SMILES string of the molecule is Cc1ccc(N)cc1NC1CCN2CCCC12. The van der Waals surface area contributed by atoms with Crippen LogP contribution >= 0.6 is 0 Å². The first kappa shape index (κ1) is 10.9. The second-order valence-electron chi connectivity index (χ2n) is 5.36. The van der Waals surface area contributed by atoms with Crippen LogP contribution in [0.2, 0.25) is 0 Å². The summed E-state index contributed by atoms with van der Waals surface area (Å²) >= 11 is 0. The number of fused-ring (bicyclic) bond motifs is 1. The van der Waals surface area contributed by atoms with Crippen LogP contribution in [0.1, 0.15) is 24.8 Å². The molecule has 3 heteroatoms. The van der Waals surface area contributed by atoms with Crippen LogP contribution in [-0.4, -0.2) is 30.1 Å². The molecule has 0 radical (unpaired) electrons. The Balaban J connectivity index is 1.76. The molecule has 2 aliphatic rings. The minimum atomic E-state index is 0.609. The molecule has 3 N–H and O–H groups in total. The second-order valence-corrected chi connectivity index (χ2v) is 5.36. The lowest BCUT2D eigenvalue weighted by Gasteiger charge is -2.23. The Bertz CT molecular complexity index is 416. The lowest BCUT2D eigenvalue weighted by molar-refractivity contribution is 0.318. The second kappa shape index (κ2) is 4.22. The fraction of sp³-hybridized carbons (Fsp3) is 0.571. The lowest BCUT2D eigenvalue weighted by Crippen LogP contribution is -2.33. The summed E-state index contributed by atoms with van der Waals surface area (Å²) in [6.45, 7) is 4.69. The molecule has 0 spiro atoms. The van der Waals surface area contributed by atoms with Gasteiger partial charge >= 0.3 is 0 Å². The van der Waals surface area contributed by atoms with Crippen LogP contribution in [0.25, 0.3) is 0 Å². The molecule has 0 amide bonds. The quantitative estimate of drug-likeness (QED) is 0.767. The van der Waals surface area contributed by atoms with Crippen LogP contribution in [0, 0.1) is 6.92 Å². The van der Waals surface area contributed by atoms with E-state index in [4.69, 9.17) is 5.73 Å². The van der Waals surface area contributed by atoms with Crippen molar-refractivity contribution in [2.24, 2.45) is 0 Å². The summed E-state index contributed by atoms with van der Waals surface area (Å²) in [6, 6.07) is 7.48. The zero-order valence-corrected chi connectivity index (χ0v) is 10.4. The number of nitrogens with one attached hydrogen (secondary N) is 1. The number of nitrogens with two attached hydrogens (primary N) is 1. The van der Waals surface area contributed by atoms with Crippen molar-refractivity contribution in [1.29, 1.82) is 0 Å². The molecule has 0 aliphatic carbocycles. The van der Waals surface area contributed by atoms with Crippen molar-refractivity contribution in [3.63, 3.8) is 0 Å². The summed E-state index contributed by atoms with van der Waals surface area (Å²) in [5.74, 6) is 0. The number of rotatable bonds is 2. The molecule has 0 bridgehead atoms. The molecule has 2 heterocycles. The molecule has 2 saturated heterocycles. The van der Waals surface area contributed by atoms with E-state index in [0.29, 0.717) is 6.04 Å². The first-order valence-corrected chi connectivity index (χ1v) is 6.61. The molecule has 3 nitrogen and oxygen atoms in total. The van der Waals surface area contributed by atoms with Crippen LogP contribution < -0.4 is 11.1 Å². The van der Waals surface area contributed by atoms with Gasteiger partial charge in [-0.2, -0.15) is 0 Å². The third-order valence-corrected chi connectivity index (χ3v) is 4.21. The van der Waals surface area contributed by atoms with Crippen molar-refractivity contribution in [3.8, 4) is 0 Å². The van der Waals surface area contributed by atoms with Gasteiger partial charge < -0.3 is 11.1 Å². The van der Waals surface area contributed by atoms with Crippen LogP contribution in [0.15, 0.2) is 18.2 Å². The molecule has 3 rings (SSSR count). The predicted octanol–water partition coefficient (Wildman–Crippen LogP) is 2.23. The van der Waals surface area contributed by atoms with Crippen LogP contribution in [0.3, 0.4) is 0 Å². The van der Waals surface area contributed by atoms with Crippen LogP contribution in [0.5, 0.6) is 0 Å². The van der Waals surface area contributed by atoms with E-state index in [9.17, 15) is 0 Å². The smallest absolute Gasteiger partial charge is 0.0429 e. The third kappa shape index (κ3) is 2.00. The molecule has 1 aromatic carbocycles. The minimum Gasteiger partial charge on any atom is -0.399 e. The monoisotopic (exact) mass is 231 g/mol. The average Bonchev–Trinajstić information content (AvgIpc) is 2.88. The van der Waals surface area contributed by atoms with Gasteiger partial charge in [0, 0.05) is 30.0 Å². The predicted molar refractivity (Wildman–Crippen MR) is 72.2 cm³/mol. The van der Waals surface area contributed by atoms with Gasteiger partial charge in [0.2, 0.25) is 0 Å². The van der Waals surface area contributed by atoms with Crippen molar-refractivity contribution in [1.82, 2.24) is 4.90 Å². The highest BCUT2D eigenvalue weighted by Gasteiger charge is 2.37. The number of hydrogen-bond donors (Lipinski definition) is 2. The summed E-state index contributed by atoms with van der Waals surface area (Å²) in [7, 11) is 0. The van der Waals surface area contributed by atoms with E-state index in [1.165, 1.54) is 43.6 Å². The first-order chi connectivity index (χ1) is 8.24. The Morgan fingerprint density at radius 3 is 3.06 bits per heavy atom. The van der Waals surface area contributed by atoms with Crippen molar-refractivity contribution in [2.75, 3.05) is 24.1 Å². The van der Waals surface area contributed by atoms with Crippen molar-refractivity contribution < 1.29 is 0 Å². The summed E-state index contributed by atoms with van der Waals surface area (Å²) in [5.41, 5.74) is 9.20. The van der Waals surface area contributed by atoms with E-state index in [0.717, 1.165) is 11.7 Å². The molecule has 2 fully saturated rings. The van der Waals surface area contributed by atoms with Gasteiger partial charge in [0.1, 0.15) is 0 Å². The Morgan fingerprint density at radius 2 is 2.18 bits per heavy atom.